The van der Waals surface area contributed by atoms with Gasteiger partial charge in [-0.3, -0.25) is 19.3 Å². The highest BCUT2D eigenvalue weighted by molar-refractivity contribution is 7.13. The van der Waals surface area contributed by atoms with Crippen molar-refractivity contribution in [2.24, 2.45) is 0 Å². The molecule has 1 atom stereocenters. The second-order valence-corrected chi connectivity index (χ2v) is 9.39. The summed E-state index contributed by atoms with van der Waals surface area (Å²) < 4.78 is 30.1. The molecule has 35 heavy (non-hydrogen) atoms. The fourth-order valence-corrected chi connectivity index (χ4v) is 5.10. The number of amides is 1. The molecule has 1 N–H and O–H groups in total. The van der Waals surface area contributed by atoms with Crippen LogP contribution in [0.15, 0.2) is 54.3 Å². The number of aromatic nitrogens is 6. The highest BCUT2D eigenvalue weighted by atomic mass is 32.1. The van der Waals surface area contributed by atoms with Gasteiger partial charge in [-0.2, -0.15) is 0 Å². The minimum Gasteiger partial charge on any atom is -0.349 e. The number of carbonyl (C=O) groups excluding carboxylic acids is 1. The van der Waals surface area contributed by atoms with Crippen LogP contribution in [0.1, 0.15) is 41.4 Å². The number of fused-ring (bicyclic) bond motifs is 1. The molecule has 1 saturated carbocycles. The van der Waals surface area contributed by atoms with Gasteiger partial charge in [0.25, 0.3) is 5.91 Å². The van der Waals surface area contributed by atoms with E-state index in [9.17, 15) is 13.6 Å². The first-order chi connectivity index (χ1) is 17.1. The van der Waals surface area contributed by atoms with E-state index in [0.29, 0.717) is 58.2 Å². The van der Waals surface area contributed by atoms with Crippen LogP contribution in [0.2, 0.25) is 0 Å². The van der Waals surface area contributed by atoms with Crippen LogP contribution in [-0.4, -0.2) is 47.8 Å². The summed E-state index contributed by atoms with van der Waals surface area (Å²) in [7, 11) is 0. The van der Waals surface area contributed by atoms with Crippen molar-refractivity contribution >= 4 is 34.0 Å². The molecule has 1 amide bonds. The third kappa shape index (κ3) is 3.91. The van der Waals surface area contributed by atoms with Gasteiger partial charge in [0, 0.05) is 42.2 Å². The van der Waals surface area contributed by atoms with Crippen molar-refractivity contribution in [3.05, 3.63) is 71.5 Å². The minimum absolute atomic E-state index is 0.00178. The van der Waals surface area contributed by atoms with Gasteiger partial charge in [0.05, 0.1) is 23.0 Å². The molecule has 2 aliphatic rings. The molecule has 0 aliphatic heterocycles. The highest BCUT2D eigenvalue weighted by Gasteiger charge is 2.37. The van der Waals surface area contributed by atoms with Crippen LogP contribution >= 0.6 is 11.3 Å². The second-order valence-electron chi connectivity index (χ2n) is 8.50. The topological polar surface area (TPSA) is 98.5 Å². The van der Waals surface area contributed by atoms with Crippen molar-refractivity contribution in [1.82, 2.24) is 35.0 Å². The van der Waals surface area contributed by atoms with Gasteiger partial charge in [0.2, 0.25) is 0 Å². The molecule has 8 nitrogen and oxygen atoms in total. The molecular formula is C24H19F2N7OS. The normalized spacial score (nSPS) is 21.5. The standard InChI is InChI=1S/C24H19F2N7OS/c25-14-11-18-20(29-12-14)16(5-6-27-18)23(34)30-15-9-13(10-15)21-31-32-22(24-28-7-8-35-24)33(21)19-4-2-1-3-17(19)26/h1-2,4-8,11-13,15,17H,3,9-10H2,(H,30,34). The quantitative estimate of drug-likeness (QED) is 0.447. The zero-order chi connectivity index (χ0) is 23.9. The number of allylic oxidation sites excluding steroid dienone is 4. The first kappa shape index (κ1) is 21.7. The molecule has 11 heteroatoms. The van der Waals surface area contributed by atoms with E-state index in [2.05, 4.69) is 30.5 Å². The summed E-state index contributed by atoms with van der Waals surface area (Å²) in [6.45, 7) is 0. The van der Waals surface area contributed by atoms with Gasteiger partial charge in [-0.05, 0) is 25.0 Å². The molecule has 0 aromatic carbocycles. The summed E-state index contributed by atoms with van der Waals surface area (Å²) in [5.41, 5.74) is 1.50. The van der Waals surface area contributed by atoms with E-state index in [4.69, 9.17) is 0 Å². The third-order valence-electron chi connectivity index (χ3n) is 6.26. The lowest BCUT2D eigenvalue weighted by Gasteiger charge is -2.35. The first-order valence-electron chi connectivity index (χ1n) is 11.2. The van der Waals surface area contributed by atoms with Crippen LogP contribution in [0.5, 0.6) is 0 Å². The van der Waals surface area contributed by atoms with E-state index in [1.165, 1.54) is 23.6 Å². The molecule has 1 unspecified atom stereocenters. The maximum atomic E-state index is 14.9. The number of nitrogens with zero attached hydrogens (tertiary/aromatic N) is 6. The minimum atomic E-state index is -1.17. The van der Waals surface area contributed by atoms with Crippen LogP contribution < -0.4 is 5.32 Å². The van der Waals surface area contributed by atoms with Crippen molar-refractivity contribution in [2.45, 2.75) is 37.4 Å². The lowest BCUT2D eigenvalue weighted by Crippen LogP contribution is -2.44. The van der Waals surface area contributed by atoms with Gasteiger partial charge >= 0.3 is 0 Å². The molecule has 176 valence electrons. The second kappa shape index (κ2) is 8.73. The third-order valence-corrected chi connectivity index (χ3v) is 7.03. The smallest absolute Gasteiger partial charge is 0.253 e. The summed E-state index contributed by atoms with van der Waals surface area (Å²) in [5, 5.41) is 14.3. The van der Waals surface area contributed by atoms with Gasteiger partial charge < -0.3 is 5.32 Å². The Balaban J connectivity index is 1.23. The molecule has 4 aromatic heterocycles. The summed E-state index contributed by atoms with van der Waals surface area (Å²) in [6.07, 6.45) is 9.99. The number of hydrogen-bond acceptors (Lipinski definition) is 7. The predicted molar refractivity (Wildman–Crippen MR) is 127 cm³/mol. The molecular weight excluding hydrogens is 472 g/mol. The monoisotopic (exact) mass is 491 g/mol. The highest BCUT2D eigenvalue weighted by Crippen LogP contribution is 2.40. The number of thiazole rings is 1. The van der Waals surface area contributed by atoms with Crippen LogP contribution in [0.3, 0.4) is 0 Å². The number of nitrogens with one attached hydrogen (secondary N) is 1. The lowest BCUT2D eigenvalue weighted by atomic mass is 9.79. The number of rotatable bonds is 5. The SMILES string of the molecule is O=C(NC1CC(c2nnc(-c3nccs3)n2C2=CC=CCC2F)C1)c1ccnc2cc(F)cnc12. The Bertz CT molecular complexity index is 1470. The molecule has 6 rings (SSSR count). The van der Waals surface area contributed by atoms with Crippen LogP contribution in [0.25, 0.3) is 27.6 Å². The molecule has 4 heterocycles. The Labute approximate surface area is 202 Å². The van der Waals surface area contributed by atoms with E-state index in [-0.39, 0.29) is 17.9 Å². The molecule has 0 spiro atoms. The number of pyridine rings is 2. The van der Waals surface area contributed by atoms with Crippen molar-refractivity contribution in [1.29, 1.82) is 0 Å². The van der Waals surface area contributed by atoms with Gasteiger partial charge in [-0.1, -0.05) is 12.2 Å². The summed E-state index contributed by atoms with van der Waals surface area (Å²) in [6, 6.07) is 2.73. The van der Waals surface area contributed by atoms with Gasteiger partial charge in [-0.25, -0.2) is 13.8 Å². The zero-order valence-corrected chi connectivity index (χ0v) is 19.1. The van der Waals surface area contributed by atoms with Crippen LogP contribution in [-0.2, 0) is 0 Å². The molecule has 0 saturated heterocycles. The van der Waals surface area contributed by atoms with Crippen molar-refractivity contribution in [3.8, 4) is 10.8 Å². The van der Waals surface area contributed by atoms with Gasteiger partial charge in [0.1, 0.15) is 23.3 Å². The fraction of sp³-hybridized carbons (Fsp3) is 0.250. The van der Waals surface area contributed by atoms with Crippen LogP contribution in [0, 0.1) is 5.82 Å². The summed E-state index contributed by atoms with van der Waals surface area (Å²) in [5.74, 6) is 0.380. The van der Waals surface area contributed by atoms with E-state index < -0.39 is 12.0 Å². The summed E-state index contributed by atoms with van der Waals surface area (Å²) in [4.78, 5) is 25.4. The van der Waals surface area contributed by atoms with Gasteiger partial charge in [-0.15, -0.1) is 21.5 Å². The Morgan fingerprint density at radius 3 is 2.86 bits per heavy atom. The fourth-order valence-electron chi connectivity index (χ4n) is 4.49. The van der Waals surface area contributed by atoms with Crippen molar-refractivity contribution < 1.29 is 13.6 Å². The van der Waals surface area contributed by atoms with Crippen LogP contribution in [0.4, 0.5) is 8.78 Å². The Hall–Kier alpha value is -3.86. The number of carbonyl (C=O) groups is 1. The Morgan fingerprint density at radius 2 is 2.06 bits per heavy atom. The predicted octanol–water partition coefficient (Wildman–Crippen LogP) is 4.30. The van der Waals surface area contributed by atoms with E-state index in [0.717, 1.165) is 6.20 Å². The first-order valence-corrected chi connectivity index (χ1v) is 12.0. The van der Waals surface area contributed by atoms with Crippen molar-refractivity contribution in [2.75, 3.05) is 0 Å². The number of hydrogen-bond donors (Lipinski definition) is 1. The largest absolute Gasteiger partial charge is 0.349 e. The van der Waals surface area contributed by atoms with E-state index in [1.807, 2.05) is 11.5 Å². The maximum Gasteiger partial charge on any atom is 0.253 e. The van der Waals surface area contributed by atoms with E-state index in [1.54, 1.807) is 29.0 Å². The number of alkyl halides is 1. The lowest BCUT2D eigenvalue weighted by molar-refractivity contribution is 0.0908. The Morgan fingerprint density at radius 1 is 1.17 bits per heavy atom. The Kier molecular flexibility index (Phi) is 5.40. The molecule has 0 radical (unpaired) electrons. The van der Waals surface area contributed by atoms with Crippen molar-refractivity contribution in [3.63, 3.8) is 0 Å². The number of halogens is 2. The maximum absolute atomic E-state index is 14.9. The molecule has 4 aromatic rings. The summed E-state index contributed by atoms with van der Waals surface area (Å²) >= 11 is 1.42. The average Bonchev–Trinajstić information content (AvgIpc) is 3.51. The van der Waals surface area contributed by atoms with E-state index >= 15 is 0 Å². The zero-order valence-electron chi connectivity index (χ0n) is 18.3. The molecule has 1 fully saturated rings. The average molecular weight is 492 g/mol. The van der Waals surface area contributed by atoms with Gasteiger partial charge in [0.15, 0.2) is 10.8 Å². The molecule has 2 aliphatic carbocycles. The molecule has 0 bridgehead atoms.